The average molecular weight is 390 g/mol. The number of anilines is 1. The van der Waals surface area contributed by atoms with E-state index >= 15 is 0 Å². The van der Waals surface area contributed by atoms with E-state index < -0.39 is 5.91 Å². The number of nitrogens with two attached hydrogens (primary N) is 1. The molecule has 0 aliphatic heterocycles. The van der Waals surface area contributed by atoms with E-state index in [1.165, 1.54) is 25.7 Å². The SMILES string of the molecule is Nc1c(Cl)c(Cl)nc(C(=O)NN=C2CC[C@@H]3CCCC[C@@H]3C2)c1Cl. The highest BCUT2D eigenvalue weighted by Gasteiger charge is 2.30. The van der Waals surface area contributed by atoms with Gasteiger partial charge in [0, 0.05) is 5.71 Å². The van der Waals surface area contributed by atoms with E-state index in [1.807, 2.05) is 0 Å². The van der Waals surface area contributed by atoms with Crippen molar-refractivity contribution < 1.29 is 4.79 Å². The number of amides is 1. The van der Waals surface area contributed by atoms with Gasteiger partial charge in [-0.05, 0) is 37.5 Å². The molecule has 3 rings (SSSR count). The highest BCUT2D eigenvalue weighted by atomic mass is 35.5. The molecule has 2 aliphatic carbocycles. The van der Waals surface area contributed by atoms with Crippen molar-refractivity contribution in [2.75, 3.05) is 5.73 Å². The summed E-state index contributed by atoms with van der Waals surface area (Å²) in [6.07, 6.45) is 8.25. The number of nitrogens with one attached hydrogen (secondary N) is 1. The minimum absolute atomic E-state index is 0.0157. The first-order valence-corrected chi connectivity index (χ1v) is 9.26. The molecule has 1 aromatic rings. The van der Waals surface area contributed by atoms with Crippen molar-refractivity contribution in [3.8, 4) is 0 Å². The second kappa shape index (κ2) is 7.46. The molecule has 24 heavy (non-hydrogen) atoms. The van der Waals surface area contributed by atoms with Gasteiger partial charge in [-0.1, -0.05) is 54.1 Å². The standard InChI is InChI=1S/C16H19Cl3N4O/c17-11-13(20)12(18)15(19)21-14(11)16(24)23-22-10-6-5-8-3-1-2-4-9(8)7-10/h8-9H,1-7H2,(H2,20,21)(H,23,24)/t8-,9+/m0/s1. The molecule has 2 atom stereocenters. The van der Waals surface area contributed by atoms with E-state index in [1.54, 1.807) is 0 Å². The minimum atomic E-state index is -0.538. The lowest BCUT2D eigenvalue weighted by atomic mass is 9.70. The Morgan fingerprint density at radius 3 is 2.58 bits per heavy atom. The van der Waals surface area contributed by atoms with Gasteiger partial charge in [0.25, 0.3) is 5.91 Å². The molecule has 1 amide bonds. The van der Waals surface area contributed by atoms with Crippen LogP contribution in [0.3, 0.4) is 0 Å². The first-order chi connectivity index (χ1) is 11.5. The average Bonchev–Trinajstić information content (AvgIpc) is 2.60. The van der Waals surface area contributed by atoms with E-state index in [0.29, 0.717) is 5.92 Å². The maximum absolute atomic E-state index is 12.3. The summed E-state index contributed by atoms with van der Waals surface area (Å²) in [6.45, 7) is 0. The van der Waals surface area contributed by atoms with Gasteiger partial charge in [0.05, 0.1) is 10.7 Å². The highest BCUT2D eigenvalue weighted by Crippen LogP contribution is 2.39. The molecule has 0 aromatic carbocycles. The van der Waals surface area contributed by atoms with E-state index in [0.717, 1.165) is 30.9 Å². The Morgan fingerprint density at radius 2 is 1.83 bits per heavy atom. The number of halogens is 3. The molecule has 1 heterocycles. The third kappa shape index (κ3) is 3.63. The lowest BCUT2D eigenvalue weighted by Crippen LogP contribution is -2.30. The molecule has 0 spiro atoms. The number of hydrazone groups is 1. The topological polar surface area (TPSA) is 80.4 Å². The monoisotopic (exact) mass is 388 g/mol. The summed E-state index contributed by atoms with van der Waals surface area (Å²) in [5.74, 6) is 0.980. The molecule has 2 saturated carbocycles. The number of carbonyl (C=O) groups excluding carboxylic acids is 1. The van der Waals surface area contributed by atoms with Gasteiger partial charge in [-0.15, -0.1) is 0 Å². The van der Waals surface area contributed by atoms with Crippen molar-refractivity contribution >= 4 is 52.1 Å². The molecule has 0 bridgehead atoms. The zero-order valence-electron chi connectivity index (χ0n) is 13.1. The van der Waals surface area contributed by atoms with Crippen LogP contribution in [-0.2, 0) is 0 Å². The van der Waals surface area contributed by atoms with Crippen LogP contribution in [0.2, 0.25) is 15.2 Å². The van der Waals surface area contributed by atoms with Gasteiger partial charge in [-0.3, -0.25) is 4.79 Å². The van der Waals surface area contributed by atoms with Gasteiger partial charge in [0.1, 0.15) is 5.02 Å². The summed E-state index contributed by atoms with van der Waals surface area (Å²) in [5, 5.41) is 4.24. The van der Waals surface area contributed by atoms with Crippen LogP contribution in [0, 0.1) is 11.8 Å². The predicted molar refractivity (Wildman–Crippen MR) is 97.9 cm³/mol. The minimum Gasteiger partial charge on any atom is -0.396 e. The van der Waals surface area contributed by atoms with Crippen LogP contribution >= 0.6 is 34.8 Å². The smallest absolute Gasteiger partial charge is 0.291 e. The fraction of sp³-hybridized carbons (Fsp3) is 0.562. The van der Waals surface area contributed by atoms with Crippen LogP contribution in [0.25, 0.3) is 0 Å². The molecule has 0 unspecified atom stereocenters. The Bertz CT molecular complexity index is 692. The van der Waals surface area contributed by atoms with Crippen LogP contribution in [0.1, 0.15) is 55.4 Å². The fourth-order valence-corrected chi connectivity index (χ4v) is 4.25. The van der Waals surface area contributed by atoms with Gasteiger partial charge < -0.3 is 5.73 Å². The van der Waals surface area contributed by atoms with Gasteiger partial charge in [0.2, 0.25) is 0 Å². The van der Waals surface area contributed by atoms with Crippen LogP contribution in [-0.4, -0.2) is 16.6 Å². The van der Waals surface area contributed by atoms with Crippen molar-refractivity contribution in [2.45, 2.75) is 44.9 Å². The Balaban J connectivity index is 1.69. The number of hydrogen-bond donors (Lipinski definition) is 2. The summed E-state index contributed by atoms with van der Waals surface area (Å²) in [7, 11) is 0. The highest BCUT2D eigenvalue weighted by molar-refractivity contribution is 6.46. The van der Waals surface area contributed by atoms with Crippen LogP contribution in [0.4, 0.5) is 5.69 Å². The third-order valence-electron chi connectivity index (χ3n) is 4.97. The number of carbonyl (C=O) groups is 1. The van der Waals surface area contributed by atoms with Crippen molar-refractivity contribution in [3.63, 3.8) is 0 Å². The van der Waals surface area contributed by atoms with Crippen molar-refractivity contribution in [2.24, 2.45) is 16.9 Å². The fourth-order valence-electron chi connectivity index (χ4n) is 3.66. The Kier molecular flexibility index (Phi) is 5.52. The zero-order valence-corrected chi connectivity index (χ0v) is 15.4. The number of hydrogen-bond acceptors (Lipinski definition) is 4. The molecular formula is C16H19Cl3N4O. The molecule has 130 valence electrons. The number of nitrogen functional groups attached to an aromatic ring is 1. The first kappa shape index (κ1) is 17.8. The number of nitrogens with zero attached hydrogens (tertiary/aromatic N) is 2. The summed E-state index contributed by atoms with van der Waals surface area (Å²) < 4.78 is 0. The van der Waals surface area contributed by atoms with Gasteiger partial charge in [-0.25, -0.2) is 10.4 Å². The summed E-state index contributed by atoms with van der Waals surface area (Å²) in [4.78, 5) is 16.2. The molecule has 0 saturated heterocycles. The summed E-state index contributed by atoms with van der Waals surface area (Å²) in [6, 6.07) is 0. The van der Waals surface area contributed by atoms with E-state index in [2.05, 4.69) is 15.5 Å². The second-order valence-corrected chi connectivity index (χ2v) is 7.57. The third-order valence-corrected chi connectivity index (χ3v) is 6.11. The number of rotatable bonds is 2. The Hall–Kier alpha value is -1.04. The zero-order chi connectivity index (χ0) is 17.3. The Labute approximate surface area is 155 Å². The maximum Gasteiger partial charge on any atom is 0.291 e. The van der Waals surface area contributed by atoms with Crippen LogP contribution in [0.15, 0.2) is 5.10 Å². The quantitative estimate of drug-likeness (QED) is 0.568. The molecule has 0 radical (unpaired) electrons. The Morgan fingerprint density at radius 1 is 1.12 bits per heavy atom. The molecular weight excluding hydrogens is 371 g/mol. The molecule has 2 fully saturated rings. The molecule has 1 aromatic heterocycles. The first-order valence-electron chi connectivity index (χ1n) is 8.13. The molecule has 3 N–H and O–H groups in total. The number of pyridine rings is 1. The second-order valence-electron chi connectivity index (χ2n) is 6.46. The molecule has 2 aliphatic rings. The van der Waals surface area contributed by atoms with Gasteiger partial charge >= 0.3 is 0 Å². The summed E-state index contributed by atoms with van der Waals surface area (Å²) >= 11 is 17.8. The molecule has 5 nitrogen and oxygen atoms in total. The normalized spacial score (nSPS) is 25.4. The van der Waals surface area contributed by atoms with Gasteiger partial charge in [0.15, 0.2) is 10.8 Å². The van der Waals surface area contributed by atoms with Crippen LogP contribution in [0.5, 0.6) is 0 Å². The van der Waals surface area contributed by atoms with Crippen molar-refractivity contribution in [3.05, 3.63) is 20.9 Å². The maximum atomic E-state index is 12.3. The largest absolute Gasteiger partial charge is 0.396 e. The molecule has 8 heteroatoms. The van der Waals surface area contributed by atoms with Crippen LogP contribution < -0.4 is 11.2 Å². The van der Waals surface area contributed by atoms with E-state index in [9.17, 15) is 4.79 Å². The lowest BCUT2D eigenvalue weighted by Gasteiger charge is -2.35. The van der Waals surface area contributed by atoms with Crippen molar-refractivity contribution in [1.29, 1.82) is 0 Å². The predicted octanol–water partition coefficient (Wildman–Crippen LogP) is 4.70. The number of fused-ring (bicyclic) bond motifs is 1. The van der Waals surface area contributed by atoms with E-state index in [-0.39, 0.29) is 26.6 Å². The van der Waals surface area contributed by atoms with E-state index in [4.69, 9.17) is 40.5 Å². The van der Waals surface area contributed by atoms with Gasteiger partial charge in [-0.2, -0.15) is 5.10 Å². The number of aromatic nitrogens is 1. The lowest BCUT2D eigenvalue weighted by molar-refractivity contribution is 0.0949. The van der Waals surface area contributed by atoms with Crippen molar-refractivity contribution in [1.82, 2.24) is 10.4 Å². The summed E-state index contributed by atoms with van der Waals surface area (Å²) in [5.41, 5.74) is 9.25.